The molecule has 122 valence electrons. The van der Waals surface area contributed by atoms with Crippen LogP contribution in [0.5, 0.6) is 0 Å². The van der Waals surface area contributed by atoms with Gasteiger partial charge in [-0.25, -0.2) is 13.4 Å². The van der Waals surface area contributed by atoms with E-state index in [1.165, 1.54) is 6.42 Å². The van der Waals surface area contributed by atoms with E-state index in [4.69, 9.17) is 0 Å². The maximum absolute atomic E-state index is 12.1. The van der Waals surface area contributed by atoms with E-state index in [-0.39, 0.29) is 18.2 Å². The number of amides is 1. The summed E-state index contributed by atoms with van der Waals surface area (Å²) >= 11 is 0. The monoisotopic (exact) mass is 325 g/mol. The van der Waals surface area contributed by atoms with Crippen molar-refractivity contribution in [2.24, 2.45) is 0 Å². The topological polar surface area (TPSA) is 79.4 Å². The highest BCUT2D eigenvalue weighted by Crippen LogP contribution is 2.23. The van der Waals surface area contributed by atoms with E-state index in [0.29, 0.717) is 11.6 Å². The Kier molecular flexibility index (Phi) is 5.39. The van der Waals surface area contributed by atoms with Crippen LogP contribution in [0.3, 0.4) is 0 Å². The van der Waals surface area contributed by atoms with Gasteiger partial charge in [0.2, 0.25) is 0 Å². The quantitative estimate of drug-likeness (QED) is 0.881. The molecule has 0 spiro atoms. The predicted octanol–water partition coefficient (Wildman–Crippen LogP) is 1.23. The van der Waals surface area contributed by atoms with Crippen molar-refractivity contribution in [3.05, 3.63) is 23.9 Å². The number of anilines is 1. The van der Waals surface area contributed by atoms with Crippen LogP contribution in [0.2, 0.25) is 0 Å². The van der Waals surface area contributed by atoms with Gasteiger partial charge in [-0.05, 0) is 38.3 Å². The summed E-state index contributed by atoms with van der Waals surface area (Å²) in [6, 6.07) is 3.84. The lowest BCUT2D eigenvalue weighted by Gasteiger charge is -2.34. The van der Waals surface area contributed by atoms with Crippen molar-refractivity contribution in [3.63, 3.8) is 0 Å². The lowest BCUT2D eigenvalue weighted by Crippen LogP contribution is -2.38. The summed E-state index contributed by atoms with van der Waals surface area (Å²) in [5, 5.41) is 2.63. The summed E-state index contributed by atoms with van der Waals surface area (Å²) in [7, 11) is -3.07. The highest BCUT2D eigenvalue weighted by atomic mass is 32.2. The molecule has 1 unspecified atom stereocenters. The first-order chi connectivity index (χ1) is 10.4. The molecule has 1 aromatic rings. The second-order valence-electron chi connectivity index (χ2n) is 5.83. The Morgan fingerprint density at radius 2 is 2.23 bits per heavy atom. The Morgan fingerprint density at radius 3 is 2.91 bits per heavy atom. The molecule has 0 bridgehead atoms. The normalized spacial score (nSPS) is 19.0. The molecule has 1 saturated heterocycles. The first-order valence-electron chi connectivity index (χ1n) is 7.55. The van der Waals surface area contributed by atoms with Crippen LogP contribution in [0.4, 0.5) is 5.82 Å². The molecule has 1 N–H and O–H groups in total. The van der Waals surface area contributed by atoms with E-state index in [2.05, 4.69) is 22.1 Å². The smallest absolute Gasteiger partial charge is 0.251 e. The van der Waals surface area contributed by atoms with Gasteiger partial charge in [-0.2, -0.15) is 0 Å². The fourth-order valence-corrected chi connectivity index (χ4v) is 3.08. The third-order valence-electron chi connectivity index (χ3n) is 3.86. The molecular formula is C15H23N3O3S. The molecule has 22 heavy (non-hydrogen) atoms. The SMILES string of the molecule is CC1CCCCN1c1cc(C(=O)NCCS(C)(=O)=O)ccn1. The van der Waals surface area contributed by atoms with Gasteiger partial charge < -0.3 is 10.2 Å². The number of piperidine rings is 1. The summed E-state index contributed by atoms with van der Waals surface area (Å²) < 4.78 is 22.2. The fraction of sp³-hybridized carbons (Fsp3) is 0.600. The zero-order chi connectivity index (χ0) is 16.2. The Hall–Kier alpha value is -1.63. The maximum Gasteiger partial charge on any atom is 0.251 e. The van der Waals surface area contributed by atoms with E-state index in [1.807, 2.05) is 0 Å². The van der Waals surface area contributed by atoms with Crippen molar-refractivity contribution in [2.45, 2.75) is 32.2 Å². The number of carbonyl (C=O) groups excluding carboxylic acids is 1. The van der Waals surface area contributed by atoms with E-state index in [9.17, 15) is 13.2 Å². The van der Waals surface area contributed by atoms with E-state index in [1.54, 1.807) is 18.3 Å². The second kappa shape index (κ2) is 7.09. The Labute approximate surface area is 131 Å². The zero-order valence-electron chi connectivity index (χ0n) is 13.1. The van der Waals surface area contributed by atoms with Crippen molar-refractivity contribution >= 4 is 21.6 Å². The van der Waals surface area contributed by atoms with Crippen LogP contribution < -0.4 is 10.2 Å². The number of nitrogens with one attached hydrogen (secondary N) is 1. The first-order valence-corrected chi connectivity index (χ1v) is 9.61. The molecule has 0 radical (unpaired) electrons. The molecule has 1 fully saturated rings. The summed E-state index contributed by atoms with van der Waals surface area (Å²) in [6.45, 7) is 3.24. The van der Waals surface area contributed by atoms with Gasteiger partial charge in [0.15, 0.2) is 0 Å². The number of carbonyl (C=O) groups is 1. The fourth-order valence-electron chi connectivity index (χ4n) is 2.61. The maximum atomic E-state index is 12.1. The molecule has 1 aromatic heterocycles. The minimum atomic E-state index is -3.07. The molecule has 1 atom stereocenters. The third-order valence-corrected chi connectivity index (χ3v) is 4.81. The minimum absolute atomic E-state index is 0.0557. The number of hydrogen-bond acceptors (Lipinski definition) is 5. The van der Waals surface area contributed by atoms with E-state index < -0.39 is 9.84 Å². The van der Waals surface area contributed by atoms with Crippen molar-refractivity contribution in [2.75, 3.05) is 30.0 Å². The average Bonchev–Trinajstić information content (AvgIpc) is 2.46. The second-order valence-corrected chi connectivity index (χ2v) is 8.09. The Bertz CT molecular complexity index is 631. The van der Waals surface area contributed by atoms with Crippen LogP contribution in [-0.4, -0.2) is 50.4 Å². The Morgan fingerprint density at radius 1 is 1.45 bits per heavy atom. The Balaban J connectivity index is 2.02. The van der Waals surface area contributed by atoms with Crippen LogP contribution in [0, 0.1) is 0 Å². The van der Waals surface area contributed by atoms with Crippen LogP contribution in [0.1, 0.15) is 36.5 Å². The minimum Gasteiger partial charge on any atom is -0.354 e. The standard InChI is InChI=1S/C15H23N3O3S/c1-12-5-3-4-9-18(12)14-11-13(6-7-16-14)15(19)17-8-10-22(2,20)21/h6-7,11-12H,3-5,8-10H2,1-2H3,(H,17,19). The number of sulfone groups is 1. The summed E-state index contributed by atoms with van der Waals surface area (Å²) in [5.74, 6) is 0.486. The molecule has 2 heterocycles. The van der Waals surface area contributed by atoms with Gasteiger partial charge in [-0.1, -0.05) is 0 Å². The van der Waals surface area contributed by atoms with Gasteiger partial charge in [0.25, 0.3) is 5.91 Å². The molecule has 1 aliphatic heterocycles. The molecule has 1 amide bonds. The number of aromatic nitrogens is 1. The largest absolute Gasteiger partial charge is 0.354 e. The highest BCUT2D eigenvalue weighted by Gasteiger charge is 2.20. The highest BCUT2D eigenvalue weighted by molar-refractivity contribution is 7.90. The van der Waals surface area contributed by atoms with Crippen molar-refractivity contribution in [1.82, 2.24) is 10.3 Å². The molecule has 2 rings (SSSR count). The van der Waals surface area contributed by atoms with Crippen LogP contribution in [-0.2, 0) is 9.84 Å². The van der Waals surface area contributed by atoms with Gasteiger partial charge in [0.1, 0.15) is 15.7 Å². The number of nitrogens with zero attached hydrogens (tertiary/aromatic N) is 2. The van der Waals surface area contributed by atoms with Gasteiger partial charge in [0, 0.05) is 37.1 Å². The molecule has 0 saturated carbocycles. The molecule has 0 aromatic carbocycles. The summed E-state index contributed by atoms with van der Waals surface area (Å²) in [4.78, 5) is 18.7. The summed E-state index contributed by atoms with van der Waals surface area (Å²) in [5.41, 5.74) is 0.510. The lowest BCUT2D eigenvalue weighted by molar-refractivity contribution is 0.0956. The van der Waals surface area contributed by atoms with Crippen LogP contribution in [0.15, 0.2) is 18.3 Å². The van der Waals surface area contributed by atoms with Gasteiger partial charge in [0.05, 0.1) is 5.75 Å². The van der Waals surface area contributed by atoms with Gasteiger partial charge in [-0.15, -0.1) is 0 Å². The van der Waals surface area contributed by atoms with E-state index in [0.717, 1.165) is 31.5 Å². The number of hydrogen-bond donors (Lipinski definition) is 1. The first kappa shape index (κ1) is 16.7. The lowest BCUT2D eigenvalue weighted by atomic mass is 10.0. The molecule has 0 aliphatic carbocycles. The third kappa shape index (κ3) is 4.69. The van der Waals surface area contributed by atoms with Crippen molar-refractivity contribution < 1.29 is 13.2 Å². The molecule has 7 heteroatoms. The number of rotatable bonds is 5. The van der Waals surface area contributed by atoms with Crippen LogP contribution >= 0.6 is 0 Å². The number of pyridine rings is 1. The average molecular weight is 325 g/mol. The van der Waals surface area contributed by atoms with Crippen LogP contribution in [0.25, 0.3) is 0 Å². The van der Waals surface area contributed by atoms with E-state index >= 15 is 0 Å². The zero-order valence-corrected chi connectivity index (χ0v) is 13.9. The van der Waals surface area contributed by atoms with Gasteiger partial charge >= 0.3 is 0 Å². The van der Waals surface area contributed by atoms with Crippen molar-refractivity contribution in [1.29, 1.82) is 0 Å². The molecule has 1 aliphatic rings. The van der Waals surface area contributed by atoms with Gasteiger partial charge in [-0.3, -0.25) is 4.79 Å². The van der Waals surface area contributed by atoms with Crippen molar-refractivity contribution in [3.8, 4) is 0 Å². The summed E-state index contributed by atoms with van der Waals surface area (Å²) in [6.07, 6.45) is 6.27. The molecule has 6 nitrogen and oxygen atoms in total. The predicted molar refractivity (Wildman–Crippen MR) is 86.9 cm³/mol. The molecular weight excluding hydrogens is 302 g/mol.